The standard InChI is InChI=1S/C25H28FN3/c1-3-18-4-6-19(7-5-18)23-15-28-16-24(20-12-17(2)13-21(26)14-20)25(23)29-10-8-22(27)9-11-29/h4-7,12-16,22H,3,8-11,27H2,1-2H3. The van der Waals surface area contributed by atoms with Crippen LogP contribution in [0.2, 0.25) is 0 Å². The number of piperidine rings is 1. The average molecular weight is 390 g/mol. The molecule has 1 aromatic heterocycles. The Morgan fingerprint density at radius 1 is 1.00 bits per heavy atom. The van der Waals surface area contributed by atoms with Gasteiger partial charge in [0.25, 0.3) is 0 Å². The van der Waals surface area contributed by atoms with E-state index >= 15 is 0 Å². The predicted molar refractivity (Wildman–Crippen MR) is 119 cm³/mol. The maximum Gasteiger partial charge on any atom is 0.124 e. The molecule has 29 heavy (non-hydrogen) atoms. The fraction of sp³-hybridized carbons (Fsp3) is 0.320. The lowest BCUT2D eigenvalue weighted by molar-refractivity contribution is 0.501. The van der Waals surface area contributed by atoms with Gasteiger partial charge in [0.1, 0.15) is 5.82 Å². The van der Waals surface area contributed by atoms with Gasteiger partial charge in [0.05, 0.1) is 5.69 Å². The molecule has 2 aromatic carbocycles. The minimum absolute atomic E-state index is 0.218. The number of nitrogens with zero attached hydrogens (tertiary/aromatic N) is 2. The van der Waals surface area contributed by atoms with Crippen LogP contribution < -0.4 is 10.6 Å². The van der Waals surface area contributed by atoms with Crippen LogP contribution in [0, 0.1) is 12.7 Å². The molecule has 4 heteroatoms. The third-order valence-electron chi connectivity index (χ3n) is 5.80. The fourth-order valence-corrected chi connectivity index (χ4v) is 4.15. The summed E-state index contributed by atoms with van der Waals surface area (Å²) in [6.07, 6.45) is 6.72. The smallest absolute Gasteiger partial charge is 0.124 e. The van der Waals surface area contributed by atoms with Crippen molar-refractivity contribution in [3.63, 3.8) is 0 Å². The summed E-state index contributed by atoms with van der Waals surface area (Å²) in [6, 6.07) is 14.1. The molecule has 2 N–H and O–H groups in total. The topological polar surface area (TPSA) is 42.2 Å². The Labute approximate surface area is 172 Å². The van der Waals surface area contributed by atoms with Gasteiger partial charge in [0.15, 0.2) is 0 Å². The lowest BCUT2D eigenvalue weighted by Gasteiger charge is -2.35. The predicted octanol–water partition coefficient (Wildman–Crippen LogP) is 5.35. The first-order chi connectivity index (χ1) is 14.0. The number of hydrogen-bond acceptors (Lipinski definition) is 3. The van der Waals surface area contributed by atoms with Crippen LogP contribution >= 0.6 is 0 Å². The summed E-state index contributed by atoms with van der Waals surface area (Å²) in [5.74, 6) is -0.218. The van der Waals surface area contributed by atoms with Crippen molar-refractivity contribution in [2.45, 2.75) is 39.2 Å². The van der Waals surface area contributed by atoms with Crippen LogP contribution in [0.4, 0.5) is 10.1 Å². The van der Waals surface area contributed by atoms with E-state index in [1.807, 2.05) is 25.4 Å². The first kappa shape index (κ1) is 19.6. The van der Waals surface area contributed by atoms with Gasteiger partial charge in [-0.15, -0.1) is 0 Å². The van der Waals surface area contributed by atoms with E-state index in [4.69, 9.17) is 5.73 Å². The number of aryl methyl sites for hydroxylation is 2. The zero-order chi connectivity index (χ0) is 20.4. The van der Waals surface area contributed by atoms with E-state index in [1.54, 1.807) is 12.1 Å². The Morgan fingerprint density at radius 2 is 1.66 bits per heavy atom. The largest absolute Gasteiger partial charge is 0.370 e. The van der Waals surface area contributed by atoms with Gasteiger partial charge < -0.3 is 10.6 Å². The lowest BCUT2D eigenvalue weighted by Crippen LogP contribution is -2.40. The Balaban J connectivity index is 1.88. The highest BCUT2D eigenvalue weighted by atomic mass is 19.1. The molecular weight excluding hydrogens is 361 g/mol. The molecular formula is C25H28FN3. The van der Waals surface area contributed by atoms with Gasteiger partial charge in [0, 0.05) is 42.7 Å². The van der Waals surface area contributed by atoms with Gasteiger partial charge in [-0.25, -0.2) is 4.39 Å². The summed E-state index contributed by atoms with van der Waals surface area (Å²) in [4.78, 5) is 6.93. The Bertz CT molecular complexity index is 969. The van der Waals surface area contributed by atoms with Crippen molar-refractivity contribution < 1.29 is 4.39 Å². The molecule has 0 atom stereocenters. The van der Waals surface area contributed by atoms with Crippen molar-refractivity contribution in [1.29, 1.82) is 0 Å². The molecule has 1 aliphatic heterocycles. The first-order valence-electron chi connectivity index (χ1n) is 10.4. The lowest BCUT2D eigenvalue weighted by atomic mass is 9.94. The Hall–Kier alpha value is -2.72. The number of anilines is 1. The summed E-state index contributed by atoms with van der Waals surface area (Å²) in [5.41, 5.74) is 13.6. The second-order valence-electron chi connectivity index (χ2n) is 7.98. The van der Waals surface area contributed by atoms with E-state index in [0.29, 0.717) is 0 Å². The molecule has 0 amide bonds. The highest BCUT2D eigenvalue weighted by Crippen LogP contribution is 2.40. The van der Waals surface area contributed by atoms with E-state index in [0.717, 1.165) is 65.9 Å². The van der Waals surface area contributed by atoms with E-state index in [9.17, 15) is 4.39 Å². The highest BCUT2D eigenvalue weighted by Gasteiger charge is 2.23. The second kappa shape index (κ2) is 8.34. The number of benzene rings is 2. The minimum Gasteiger partial charge on any atom is -0.370 e. The number of halogens is 1. The maximum absolute atomic E-state index is 14.2. The molecule has 0 radical (unpaired) electrons. The molecule has 4 rings (SSSR count). The molecule has 1 saturated heterocycles. The summed E-state index contributed by atoms with van der Waals surface area (Å²) >= 11 is 0. The van der Waals surface area contributed by atoms with E-state index in [2.05, 4.69) is 41.1 Å². The number of aromatic nitrogens is 1. The molecule has 3 aromatic rings. The van der Waals surface area contributed by atoms with Crippen LogP contribution in [0.5, 0.6) is 0 Å². The van der Waals surface area contributed by atoms with Crippen LogP contribution in [0.15, 0.2) is 54.9 Å². The zero-order valence-corrected chi connectivity index (χ0v) is 17.2. The van der Waals surface area contributed by atoms with Crippen molar-refractivity contribution in [3.8, 4) is 22.3 Å². The van der Waals surface area contributed by atoms with Gasteiger partial charge in [0.2, 0.25) is 0 Å². The Kier molecular flexibility index (Phi) is 5.63. The number of hydrogen-bond donors (Lipinski definition) is 1. The van der Waals surface area contributed by atoms with E-state index in [1.165, 1.54) is 5.56 Å². The van der Waals surface area contributed by atoms with Gasteiger partial charge >= 0.3 is 0 Å². The summed E-state index contributed by atoms with van der Waals surface area (Å²) in [7, 11) is 0. The van der Waals surface area contributed by atoms with Crippen molar-refractivity contribution >= 4 is 5.69 Å². The number of rotatable bonds is 4. The molecule has 0 saturated carbocycles. The quantitative estimate of drug-likeness (QED) is 0.654. The van der Waals surface area contributed by atoms with Crippen molar-refractivity contribution in [3.05, 3.63) is 71.8 Å². The number of nitrogens with two attached hydrogens (primary N) is 1. The fourth-order valence-electron chi connectivity index (χ4n) is 4.15. The average Bonchev–Trinajstić information content (AvgIpc) is 2.73. The second-order valence-corrected chi connectivity index (χ2v) is 7.98. The SMILES string of the molecule is CCc1ccc(-c2cncc(-c3cc(C)cc(F)c3)c2N2CCC(N)CC2)cc1. The molecule has 0 unspecified atom stereocenters. The molecule has 1 fully saturated rings. The summed E-state index contributed by atoms with van der Waals surface area (Å²) < 4.78 is 14.2. The van der Waals surface area contributed by atoms with Crippen molar-refractivity contribution in [2.75, 3.05) is 18.0 Å². The molecule has 2 heterocycles. The van der Waals surface area contributed by atoms with Crippen LogP contribution in [0.3, 0.4) is 0 Å². The third kappa shape index (κ3) is 4.18. The maximum atomic E-state index is 14.2. The van der Waals surface area contributed by atoms with Crippen LogP contribution in [-0.2, 0) is 6.42 Å². The van der Waals surface area contributed by atoms with Crippen molar-refractivity contribution in [2.24, 2.45) is 5.73 Å². The van der Waals surface area contributed by atoms with Gasteiger partial charge in [-0.3, -0.25) is 4.98 Å². The summed E-state index contributed by atoms with van der Waals surface area (Å²) in [6.45, 7) is 5.87. The molecule has 0 spiro atoms. The van der Waals surface area contributed by atoms with Gasteiger partial charge in [-0.2, -0.15) is 0 Å². The molecule has 3 nitrogen and oxygen atoms in total. The van der Waals surface area contributed by atoms with Gasteiger partial charge in [-0.1, -0.05) is 37.3 Å². The number of pyridine rings is 1. The highest BCUT2D eigenvalue weighted by molar-refractivity contribution is 5.90. The van der Waals surface area contributed by atoms with Crippen molar-refractivity contribution in [1.82, 2.24) is 4.98 Å². The normalized spacial score (nSPS) is 15.0. The molecule has 0 aliphatic carbocycles. The van der Waals surface area contributed by atoms with Crippen LogP contribution in [-0.4, -0.2) is 24.1 Å². The van der Waals surface area contributed by atoms with Crippen LogP contribution in [0.25, 0.3) is 22.3 Å². The van der Waals surface area contributed by atoms with Gasteiger partial charge in [-0.05, 0) is 60.6 Å². The monoisotopic (exact) mass is 389 g/mol. The summed E-state index contributed by atoms with van der Waals surface area (Å²) in [5, 5.41) is 0. The Morgan fingerprint density at radius 3 is 2.28 bits per heavy atom. The first-order valence-corrected chi connectivity index (χ1v) is 10.4. The zero-order valence-electron chi connectivity index (χ0n) is 17.2. The molecule has 150 valence electrons. The van der Waals surface area contributed by atoms with Crippen LogP contribution in [0.1, 0.15) is 30.9 Å². The van der Waals surface area contributed by atoms with E-state index < -0.39 is 0 Å². The third-order valence-corrected chi connectivity index (χ3v) is 5.80. The minimum atomic E-state index is -0.218. The molecule has 1 aliphatic rings. The van der Waals surface area contributed by atoms with E-state index in [-0.39, 0.29) is 11.9 Å². The molecule has 0 bridgehead atoms.